The predicted octanol–water partition coefficient (Wildman–Crippen LogP) is 8.06. The largest absolute Gasteiger partial charge is 0.455 e. The summed E-state index contributed by atoms with van der Waals surface area (Å²) < 4.78 is 36.2. The number of likely N-dealkylation sites (tertiary alicyclic amines) is 1. The van der Waals surface area contributed by atoms with Crippen molar-refractivity contribution in [2.75, 3.05) is 88.2 Å². The summed E-state index contributed by atoms with van der Waals surface area (Å²) in [5, 5.41) is 18.2. The number of nitrogens with zero attached hydrogens (tertiary/aromatic N) is 4. The number of benzene rings is 3. The van der Waals surface area contributed by atoms with Gasteiger partial charge in [0.15, 0.2) is 0 Å². The SMILES string of the molecule is CNCCN1CCC(CNc2ccc(S(=O)(=O)NC(=O)c3ccc(N4CCN(CC5=C(c6ccc(Cl)cc6)CC(C)(C)CC5)CC4)cc3Oc3cnc4[nH]ccc4c3)cc2NO)CC1. The number of halogens is 1. The quantitative estimate of drug-likeness (QED) is 0.0529. The summed E-state index contributed by atoms with van der Waals surface area (Å²) in [7, 11) is -2.42. The number of piperidine rings is 1. The van der Waals surface area contributed by atoms with E-state index in [0.29, 0.717) is 29.5 Å². The Morgan fingerprint density at radius 3 is 2.48 bits per heavy atom. The van der Waals surface area contributed by atoms with Crippen LogP contribution >= 0.6 is 11.6 Å². The minimum absolute atomic E-state index is 0.0396. The first kappa shape index (κ1) is 45.4. The molecule has 14 nitrogen and oxygen atoms in total. The number of hydrogen-bond donors (Lipinski definition) is 6. The van der Waals surface area contributed by atoms with Gasteiger partial charge in [-0.25, -0.2) is 18.1 Å². The molecule has 0 saturated carbocycles. The molecule has 0 radical (unpaired) electrons. The number of pyridine rings is 1. The van der Waals surface area contributed by atoms with Crippen molar-refractivity contribution >= 4 is 61.2 Å². The molecule has 340 valence electrons. The fourth-order valence-electron chi connectivity index (χ4n) is 9.09. The van der Waals surface area contributed by atoms with Gasteiger partial charge in [0.1, 0.15) is 17.1 Å². The molecule has 2 fully saturated rings. The number of carbonyl (C=O) groups is 1. The third kappa shape index (κ3) is 11.0. The van der Waals surface area contributed by atoms with Crippen LogP contribution in [0, 0.1) is 11.3 Å². The third-order valence-electron chi connectivity index (χ3n) is 13.0. The Balaban J connectivity index is 0.963. The van der Waals surface area contributed by atoms with Gasteiger partial charge in [-0.3, -0.25) is 20.4 Å². The average Bonchev–Trinajstić information content (AvgIpc) is 3.77. The van der Waals surface area contributed by atoms with Crippen molar-refractivity contribution in [2.45, 2.75) is 50.8 Å². The molecular formula is C48H60ClN9O5S. The molecule has 0 spiro atoms. The molecule has 3 aliphatic rings. The van der Waals surface area contributed by atoms with Crippen LogP contribution in [0.25, 0.3) is 16.6 Å². The number of carbonyl (C=O) groups excluding carboxylic acids is 1. The number of amides is 1. The lowest BCUT2D eigenvalue weighted by molar-refractivity contribution is 0.0979. The fourth-order valence-corrected chi connectivity index (χ4v) is 10.2. The van der Waals surface area contributed by atoms with Crippen LogP contribution in [0.15, 0.2) is 95.7 Å². The maximum Gasteiger partial charge on any atom is 0.268 e. The van der Waals surface area contributed by atoms with Gasteiger partial charge in [0.25, 0.3) is 15.9 Å². The zero-order valence-electron chi connectivity index (χ0n) is 36.9. The van der Waals surface area contributed by atoms with E-state index in [1.54, 1.807) is 30.6 Å². The maximum atomic E-state index is 14.0. The van der Waals surface area contributed by atoms with Crippen molar-refractivity contribution in [3.63, 3.8) is 0 Å². The number of fused-ring (bicyclic) bond motifs is 1. The van der Waals surface area contributed by atoms with Crippen molar-refractivity contribution in [1.82, 2.24) is 29.8 Å². The molecule has 1 amide bonds. The fraction of sp³-hybridized carbons (Fsp3) is 0.417. The van der Waals surface area contributed by atoms with Crippen molar-refractivity contribution < 1.29 is 23.2 Å². The van der Waals surface area contributed by atoms with E-state index in [4.69, 9.17) is 16.3 Å². The highest BCUT2D eigenvalue weighted by Gasteiger charge is 2.30. The van der Waals surface area contributed by atoms with E-state index in [0.717, 1.165) is 107 Å². The highest BCUT2D eigenvalue weighted by atomic mass is 35.5. The maximum absolute atomic E-state index is 14.0. The first-order chi connectivity index (χ1) is 30.9. The Morgan fingerprint density at radius 1 is 0.953 bits per heavy atom. The second-order valence-corrected chi connectivity index (χ2v) is 20.2. The van der Waals surface area contributed by atoms with E-state index in [1.807, 2.05) is 37.4 Å². The van der Waals surface area contributed by atoms with Crippen molar-refractivity contribution in [3.05, 3.63) is 107 Å². The number of aromatic nitrogens is 2. The Hall–Kier alpha value is -5.16. The zero-order chi connectivity index (χ0) is 44.8. The van der Waals surface area contributed by atoms with Crippen molar-refractivity contribution in [3.8, 4) is 11.5 Å². The van der Waals surface area contributed by atoms with E-state index in [1.165, 1.54) is 28.8 Å². The summed E-state index contributed by atoms with van der Waals surface area (Å²) in [5.74, 6) is 0.175. The number of allylic oxidation sites excluding steroid dienone is 1. The highest BCUT2D eigenvalue weighted by molar-refractivity contribution is 7.90. The Bertz CT molecular complexity index is 2570. The normalized spacial score (nSPS) is 17.7. The number of nitrogens with one attached hydrogen (secondary N) is 5. The van der Waals surface area contributed by atoms with Gasteiger partial charge < -0.3 is 30.2 Å². The van der Waals surface area contributed by atoms with E-state index in [-0.39, 0.29) is 27.3 Å². The standard InChI is InChI=1S/C48H60ClN9O5S/c1-48(2)16-12-36(42(29-48)34-4-6-37(49)7-5-34)32-57-22-24-58(25-23-57)38-8-10-41(45(27-38)63-39-26-35-13-17-51-46(35)53-31-39)47(59)55-64(61,62)40-9-11-43(44(28-40)54-60)52-30-33-14-19-56(20-15-33)21-18-50-3/h4-11,13,17,26-28,31,33,50,52,54,60H,12,14-16,18-25,29-30,32H2,1-3H3,(H,51,53)(H,55,59). The molecule has 8 rings (SSSR count). The van der Waals surface area contributed by atoms with E-state index < -0.39 is 15.9 Å². The van der Waals surface area contributed by atoms with Crippen LogP contribution in [0.3, 0.4) is 0 Å². The molecule has 4 heterocycles. The first-order valence-corrected chi connectivity index (χ1v) is 24.1. The molecule has 0 unspecified atom stereocenters. The molecule has 1 aliphatic carbocycles. The first-order valence-electron chi connectivity index (χ1n) is 22.3. The van der Waals surface area contributed by atoms with E-state index in [9.17, 15) is 18.4 Å². The lowest BCUT2D eigenvalue weighted by atomic mass is 9.72. The van der Waals surface area contributed by atoms with Gasteiger partial charge in [-0.1, -0.05) is 43.2 Å². The van der Waals surface area contributed by atoms with Crippen LogP contribution in [0.2, 0.25) is 5.02 Å². The number of rotatable bonds is 16. The smallest absolute Gasteiger partial charge is 0.268 e. The minimum Gasteiger partial charge on any atom is -0.455 e. The second-order valence-electron chi connectivity index (χ2n) is 18.1. The summed E-state index contributed by atoms with van der Waals surface area (Å²) in [5.41, 5.74) is 8.86. The minimum atomic E-state index is -4.38. The van der Waals surface area contributed by atoms with Gasteiger partial charge in [0.2, 0.25) is 0 Å². The molecule has 64 heavy (non-hydrogen) atoms. The molecule has 0 bridgehead atoms. The lowest BCUT2D eigenvalue weighted by Crippen LogP contribution is -2.47. The number of sulfonamides is 1. The second kappa shape index (κ2) is 19.9. The van der Waals surface area contributed by atoms with Gasteiger partial charge >= 0.3 is 0 Å². The van der Waals surface area contributed by atoms with Crippen LogP contribution in [0.4, 0.5) is 17.1 Å². The number of aromatic amines is 1. The van der Waals surface area contributed by atoms with Gasteiger partial charge in [0, 0.05) is 80.7 Å². The van der Waals surface area contributed by atoms with Crippen LogP contribution in [0.1, 0.15) is 61.9 Å². The molecule has 2 aliphatic heterocycles. The lowest BCUT2D eigenvalue weighted by Gasteiger charge is -2.39. The number of piperazine rings is 1. The van der Waals surface area contributed by atoms with E-state index >= 15 is 0 Å². The van der Waals surface area contributed by atoms with Crippen LogP contribution in [0.5, 0.6) is 11.5 Å². The topological polar surface area (TPSA) is 167 Å². The van der Waals surface area contributed by atoms with Crippen molar-refractivity contribution in [2.24, 2.45) is 11.3 Å². The molecular weight excluding hydrogens is 850 g/mol. The molecule has 3 aromatic carbocycles. The molecule has 2 aromatic heterocycles. The third-order valence-corrected chi connectivity index (χ3v) is 14.5. The van der Waals surface area contributed by atoms with Crippen LogP contribution in [-0.2, 0) is 10.0 Å². The van der Waals surface area contributed by atoms with Gasteiger partial charge in [-0.2, -0.15) is 0 Å². The summed E-state index contributed by atoms with van der Waals surface area (Å²) in [6, 6.07) is 21.5. The predicted molar refractivity (Wildman–Crippen MR) is 255 cm³/mol. The number of ether oxygens (including phenoxy) is 1. The highest BCUT2D eigenvalue weighted by Crippen LogP contribution is 2.43. The number of anilines is 3. The Labute approximate surface area is 381 Å². The summed E-state index contributed by atoms with van der Waals surface area (Å²) in [4.78, 5) is 28.6. The van der Waals surface area contributed by atoms with E-state index in [2.05, 4.69) is 71.5 Å². The van der Waals surface area contributed by atoms with Gasteiger partial charge in [-0.15, -0.1) is 0 Å². The summed E-state index contributed by atoms with van der Waals surface area (Å²) in [6.07, 6.45) is 8.68. The zero-order valence-corrected chi connectivity index (χ0v) is 38.5. The summed E-state index contributed by atoms with van der Waals surface area (Å²) in [6.45, 7) is 13.5. The monoisotopic (exact) mass is 909 g/mol. The summed E-state index contributed by atoms with van der Waals surface area (Å²) >= 11 is 6.26. The molecule has 6 N–H and O–H groups in total. The molecule has 16 heteroatoms. The molecule has 0 atom stereocenters. The number of hydrogen-bond acceptors (Lipinski definition) is 12. The average molecular weight is 911 g/mol. The molecule has 2 saturated heterocycles. The van der Waals surface area contributed by atoms with Crippen LogP contribution in [-0.4, -0.2) is 112 Å². The van der Waals surface area contributed by atoms with Gasteiger partial charge in [0.05, 0.1) is 28.0 Å². The number of likely N-dealkylation sites (N-methyl/N-ethyl adjacent to an activating group) is 1. The van der Waals surface area contributed by atoms with Crippen LogP contribution < -0.4 is 30.5 Å². The number of H-pyrrole nitrogens is 1. The van der Waals surface area contributed by atoms with Crippen molar-refractivity contribution in [1.29, 1.82) is 0 Å². The molecule has 5 aromatic rings. The van der Waals surface area contributed by atoms with Gasteiger partial charge in [-0.05, 0) is 129 Å². The Morgan fingerprint density at radius 2 is 1.73 bits per heavy atom. The Kier molecular flexibility index (Phi) is 14.1.